The van der Waals surface area contributed by atoms with Gasteiger partial charge in [-0.25, -0.2) is 0 Å². The first kappa shape index (κ1) is 44.3. The van der Waals surface area contributed by atoms with Crippen molar-refractivity contribution in [1.82, 2.24) is 0 Å². The molecule has 4 heterocycles. The molecule has 0 amide bonds. The molecule has 6 heteroatoms. The fourth-order valence-corrected chi connectivity index (χ4v) is 12.4. The van der Waals surface area contributed by atoms with E-state index < -0.39 is 0 Å². The summed E-state index contributed by atoms with van der Waals surface area (Å²) < 4.78 is 27.4. The van der Waals surface area contributed by atoms with Crippen LogP contribution in [-0.4, -0.2) is 0 Å². The highest BCUT2D eigenvalue weighted by Gasteiger charge is 2.27. The third kappa shape index (κ3) is 6.85. The number of nitrogens with zero attached hydrogens (tertiary/aromatic N) is 2. The van der Waals surface area contributed by atoms with Crippen LogP contribution < -0.4 is 9.80 Å². The lowest BCUT2D eigenvalue weighted by atomic mass is 9.98. The Kier molecular flexibility index (Phi) is 9.61. The molecule has 17 rings (SSSR count). The highest BCUT2D eigenvalue weighted by atomic mass is 16.3. The maximum Gasteiger partial charge on any atom is 0.160 e. The van der Waals surface area contributed by atoms with Gasteiger partial charge in [0, 0.05) is 77.0 Å². The first-order valence-corrected chi connectivity index (χ1v) is 27.0. The van der Waals surface area contributed by atoms with E-state index in [1.807, 2.05) is 24.3 Å². The zero-order chi connectivity index (χ0) is 52.4. The fraction of sp³-hybridized carbons (Fsp3) is 0. The second kappa shape index (κ2) is 17.3. The molecule has 0 unspecified atom stereocenters. The molecule has 0 aliphatic heterocycles. The van der Waals surface area contributed by atoms with E-state index in [0.29, 0.717) is 0 Å². The van der Waals surface area contributed by atoms with Gasteiger partial charge in [-0.1, -0.05) is 158 Å². The topological polar surface area (TPSA) is 59.0 Å². The molecule has 13 aromatic carbocycles. The number of anilines is 6. The van der Waals surface area contributed by atoms with E-state index in [1.165, 1.54) is 0 Å². The van der Waals surface area contributed by atoms with Crippen LogP contribution in [0.4, 0.5) is 34.1 Å². The maximum absolute atomic E-state index is 6.85. The standard InChI is InChI=1S/C74H44N2O4/c1-5-17-45(18-6-1)55-33-35-59-57-25-13-15-27-65(57)79-73(59)71(55)75(51-21-9-3-10-22-51)53-31-29-47-39-61-63-43-70-64(44-69(63)77-67(61)41-49(47)37-53)62-40-48-30-32-54(38-50(48)42-68(62)78-70)76(52-23-11-4-12-24-52)72-56(46-19-7-2-8-20-46)34-36-60-58-26-14-16-28-66(58)80-74(60)72/h1-44H. The molecule has 0 spiro atoms. The van der Waals surface area contributed by atoms with E-state index >= 15 is 0 Å². The predicted octanol–water partition coefficient (Wildman–Crippen LogP) is 21.9. The lowest BCUT2D eigenvalue weighted by molar-refractivity contribution is 0.664. The van der Waals surface area contributed by atoms with Crippen LogP contribution in [0.3, 0.4) is 0 Å². The third-order valence-corrected chi connectivity index (χ3v) is 16.1. The molecular weight excluding hydrogens is 981 g/mol. The largest absolute Gasteiger partial charge is 0.456 e. The summed E-state index contributed by atoms with van der Waals surface area (Å²) >= 11 is 0. The summed E-state index contributed by atoms with van der Waals surface area (Å²) in [6.07, 6.45) is 0. The molecule has 0 aliphatic carbocycles. The molecule has 80 heavy (non-hydrogen) atoms. The molecule has 0 aliphatic rings. The Bertz CT molecular complexity index is 4970. The van der Waals surface area contributed by atoms with E-state index in [-0.39, 0.29) is 0 Å². The molecular formula is C74H44N2O4. The van der Waals surface area contributed by atoms with Gasteiger partial charge in [-0.3, -0.25) is 0 Å². The van der Waals surface area contributed by atoms with Gasteiger partial charge in [-0.15, -0.1) is 0 Å². The van der Waals surface area contributed by atoms with Crippen LogP contribution in [0.15, 0.2) is 285 Å². The van der Waals surface area contributed by atoms with Gasteiger partial charge in [0.2, 0.25) is 0 Å². The molecule has 6 nitrogen and oxygen atoms in total. The Balaban J connectivity index is 0.792. The Morgan fingerprint density at radius 2 is 0.588 bits per heavy atom. The van der Waals surface area contributed by atoms with Crippen molar-refractivity contribution in [2.45, 2.75) is 0 Å². The monoisotopic (exact) mass is 1020 g/mol. The number of furan rings is 4. The molecule has 0 bridgehead atoms. The maximum atomic E-state index is 6.85. The van der Waals surface area contributed by atoms with Gasteiger partial charge < -0.3 is 27.5 Å². The van der Waals surface area contributed by atoms with E-state index in [9.17, 15) is 0 Å². The zero-order valence-electron chi connectivity index (χ0n) is 42.9. The van der Waals surface area contributed by atoms with Crippen LogP contribution in [-0.2, 0) is 0 Å². The van der Waals surface area contributed by atoms with Gasteiger partial charge in [0.05, 0.1) is 11.4 Å². The average molecular weight is 1030 g/mol. The number of hydrogen-bond donors (Lipinski definition) is 0. The Hall–Kier alpha value is -10.8. The van der Waals surface area contributed by atoms with Crippen LogP contribution in [0.25, 0.3) is 132 Å². The van der Waals surface area contributed by atoms with Crippen molar-refractivity contribution in [3.05, 3.63) is 267 Å². The quantitative estimate of drug-likeness (QED) is 0.151. The Labute approximate surface area is 457 Å². The summed E-state index contributed by atoms with van der Waals surface area (Å²) in [4.78, 5) is 4.67. The normalized spacial score (nSPS) is 12.0. The van der Waals surface area contributed by atoms with E-state index in [1.54, 1.807) is 0 Å². The van der Waals surface area contributed by atoms with E-state index in [2.05, 4.69) is 252 Å². The lowest BCUT2D eigenvalue weighted by Crippen LogP contribution is -2.11. The molecule has 374 valence electrons. The minimum atomic E-state index is 0.809. The summed E-state index contributed by atoms with van der Waals surface area (Å²) in [6, 6.07) is 94.3. The fourth-order valence-electron chi connectivity index (χ4n) is 12.4. The molecule has 4 aromatic heterocycles. The summed E-state index contributed by atoms with van der Waals surface area (Å²) in [5.74, 6) is 0. The second-order valence-corrected chi connectivity index (χ2v) is 20.8. The number of benzene rings is 13. The number of rotatable bonds is 8. The van der Waals surface area contributed by atoms with Gasteiger partial charge >= 0.3 is 0 Å². The first-order chi connectivity index (χ1) is 39.6. The van der Waals surface area contributed by atoms with Gasteiger partial charge in [0.25, 0.3) is 0 Å². The van der Waals surface area contributed by atoms with Crippen LogP contribution >= 0.6 is 0 Å². The summed E-state index contributed by atoms with van der Waals surface area (Å²) in [7, 11) is 0. The molecule has 0 fully saturated rings. The molecule has 0 N–H and O–H groups in total. The van der Waals surface area contributed by atoms with Gasteiger partial charge in [-0.2, -0.15) is 0 Å². The molecule has 0 saturated heterocycles. The van der Waals surface area contributed by atoms with Crippen molar-refractivity contribution < 1.29 is 17.7 Å². The van der Waals surface area contributed by atoms with Crippen molar-refractivity contribution in [1.29, 1.82) is 0 Å². The van der Waals surface area contributed by atoms with Crippen molar-refractivity contribution in [2.75, 3.05) is 9.80 Å². The van der Waals surface area contributed by atoms with Gasteiger partial charge in [-0.05, 0) is 142 Å². The van der Waals surface area contributed by atoms with Crippen LogP contribution in [0.1, 0.15) is 0 Å². The van der Waals surface area contributed by atoms with Crippen molar-refractivity contribution in [3.8, 4) is 22.3 Å². The minimum absolute atomic E-state index is 0.809. The van der Waals surface area contributed by atoms with E-state index in [0.717, 1.165) is 166 Å². The summed E-state index contributed by atoms with van der Waals surface area (Å²) in [6.45, 7) is 0. The minimum Gasteiger partial charge on any atom is -0.456 e. The number of hydrogen-bond acceptors (Lipinski definition) is 6. The van der Waals surface area contributed by atoms with Crippen LogP contribution in [0.2, 0.25) is 0 Å². The SMILES string of the molecule is c1ccc(-c2ccc3c(oc4ccccc43)c2N(c2ccccc2)c2ccc3cc4c(cc3c2)oc2cc3c(cc24)oc2cc4cc(N(c5ccccc5)c5c(-c6ccccc6)ccc6c5oc5ccccc56)ccc4cc23)cc1. The molecule has 0 saturated carbocycles. The van der Waals surface area contributed by atoms with Crippen molar-refractivity contribution in [3.63, 3.8) is 0 Å². The summed E-state index contributed by atoms with van der Waals surface area (Å²) in [5.41, 5.74) is 17.0. The third-order valence-electron chi connectivity index (χ3n) is 16.1. The molecule has 0 radical (unpaired) electrons. The Morgan fingerprint density at radius 1 is 0.212 bits per heavy atom. The summed E-state index contributed by atoms with van der Waals surface area (Å²) in [5, 5.41) is 12.7. The smallest absolute Gasteiger partial charge is 0.160 e. The molecule has 0 atom stereocenters. The van der Waals surface area contributed by atoms with Crippen molar-refractivity contribution >= 4 is 143 Å². The highest BCUT2D eigenvalue weighted by molar-refractivity contribution is 6.20. The van der Waals surface area contributed by atoms with Crippen LogP contribution in [0.5, 0.6) is 0 Å². The van der Waals surface area contributed by atoms with Gasteiger partial charge in [0.15, 0.2) is 11.2 Å². The zero-order valence-corrected chi connectivity index (χ0v) is 42.9. The molecule has 17 aromatic rings. The second-order valence-electron chi connectivity index (χ2n) is 20.8. The predicted molar refractivity (Wildman–Crippen MR) is 331 cm³/mol. The van der Waals surface area contributed by atoms with Crippen molar-refractivity contribution in [2.24, 2.45) is 0 Å². The Morgan fingerprint density at radius 3 is 1.02 bits per heavy atom. The van der Waals surface area contributed by atoms with Crippen LogP contribution in [0, 0.1) is 0 Å². The number of fused-ring (bicyclic) bond motifs is 14. The first-order valence-electron chi connectivity index (χ1n) is 27.0. The van der Waals surface area contributed by atoms with Gasteiger partial charge in [0.1, 0.15) is 33.5 Å². The highest BCUT2D eigenvalue weighted by Crippen LogP contribution is 2.51. The van der Waals surface area contributed by atoms with E-state index in [4.69, 9.17) is 17.7 Å². The average Bonchev–Trinajstić information content (AvgIpc) is 4.38. The number of para-hydroxylation sites is 4. The lowest BCUT2D eigenvalue weighted by Gasteiger charge is -2.28.